The van der Waals surface area contributed by atoms with Crippen molar-refractivity contribution < 1.29 is 19.1 Å². The lowest BCUT2D eigenvalue weighted by molar-refractivity contribution is -0.344. The Balaban J connectivity index is 1.74. The maximum absolute atomic E-state index is 12.9. The van der Waals surface area contributed by atoms with Crippen LogP contribution in [0.1, 0.15) is 38.8 Å². The highest BCUT2D eigenvalue weighted by molar-refractivity contribution is 6.38. The first-order valence-corrected chi connectivity index (χ1v) is 8.15. The van der Waals surface area contributed by atoms with Gasteiger partial charge in [-0.15, -0.1) is 0 Å². The van der Waals surface area contributed by atoms with Gasteiger partial charge in [0.05, 0.1) is 28.5 Å². The normalized spacial score (nSPS) is 19.5. The number of hydrogen-bond donors (Lipinski definition) is 0. The maximum atomic E-state index is 12.9. The fourth-order valence-electron chi connectivity index (χ4n) is 2.94. The van der Waals surface area contributed by atoms with Crippen molar-refractivity contribution >= 4 is 12.9 Å². The standard InChI is InChI=1S/C18H19BN2O4/c1-17(2)18(3,4)25-19(24-17)23-16(22)13-11-7-5-9-20-14(11)15-12(13)8-6-10-21-15/h5-10,22H,1-4H3/p-1. The summed E-state index contributed by atoms with van der Waals surface area (Å²) in [4.78, 5) is 8.72. The fraction of sp³-hybridized carbons (Fsp3) is 0.333. The molecule has 128 valence electrons. The molecule has 7 heteroatoms. The smallest absolute Gasteiger partial charge is 0.548 e. The number of rotatable bonds is 2. The molecule has 0 radical (unpaired) electrons. The van der Waals surface area contributed by atoms with Gasteiger partial charge >= 0.3 is 7.32 Å². The van der Waals surface area contributed by atoms with Crippen molar-refractivity contribution in [1.82, 2.24) is 9.97 Å². The predicted octanol–water partition coefficient (Wildman–Crippen LogP) is 2.14. The summed E-state index contributed by atoms with van der Waals surface area (Å²) >= 11 is 0. The third-order valence-corrected chi connectivity index (χ3v) is 5.02. The van der Waals surface area contributed by atoms with Gasteiger partial charge in [-0.1, -0.05) is 12.1 Å². The third kappa shape index (κ3) is 2.42. The molecule has 1 aliphatic carbocycles. The summed E-state index contributed by atoms with van der Waals surface area (Å²) in [7, 11) is -1.05. The molecular formula is C18H18BN2O4-. The van der Waals surface area contributed by atoms with E-state index in [1.54, 1.807) is 24.5 Å². The summed E-state index contributed by atoms with van der Waals surface area (Å²) in [6.45, 7) is 7.62. The number of pyridine rings is 2. The lowest BCUT2D eigenvalue weighted by Gasteiger charge is -2.32. The topological polar surface area (TPSA) is 76.5 Å². The molecule has 0 bridgehead atoms. The largest absolute Gasteiger partial charge is 0.609 e. The first kappa shape index (κ1) is 16.1. The van der Waals surface area contributed by atoms with Crippen LogP contribution in [0.5, 0.6) is 0 Å². The van der Waals surface area contributed by atoms with Gasteiger partial charge in [-0.25, -0.2) is 0 Å². The minimum absolute atomic E-state index is 0.431. The van der Waals surface area contributed by atoms with Gasteiger partial charge in [-0.05, 0) is 39.8 Å². The monoisotopic (exact) mass is 337 g/mol. The van der Waals surface area contributed by atoms with Gasteiger partial charge in [0.2, 0.25) is 0 Å². The Bertz CT molecular complexity index is 815. The molecule has 1 saturated heterocycles. The van der Waals surface area contributed by atoms with Crippen LogP contribution in [-0.4, -0.2) is 28.5 Å². The van der Waals surface area contributed by atoms with Gasteiger partial charge in [0, 0.05) is 29.1 Å². The highest BCUT2D eigenvalue weighted by atomic mass is 16.8. The molecule has 25 heavy (non-hydrogen) atoms. The van der Waals surface area contributed by atoms with E-state index in [2.05, 4.69) is 9.97 Å². The number of fused-ring (bicyclic) bond motifs is 3. The average molecular weight is 337 g/mol. The van der Waals surface area contributed by atoms with Crippen LogP contribution < -0.4 is 5.11 Å². The quantitative estimate of drug-likeness (QED) is 0.527. The molecule has 0 aromatic carbocycles. The summed E-state index contributed by atoms with van der Waals surface area (Å²) in [6.07, 6.45) is 3.36. The average Bonchev–Trinajstić information content (AvgIpc) is 2.98. The second-order valence-corrected chi connectivity index (χ2v) is 7.12. The number of nitrogens with zero attached hydrogens (tertiary/aromatic N) is 2. The Morgan fingerprint density at radius 1 is 0.960 bits per heavy atom. The molecule has 0 N–H and O–H groups in total. The van der Waals surface area contributed by atoms with Gasteiger partial charge in [0.25, 0.3) is 0 Å². The Morgan fingerprint density at radius 2 is 1.44 bits per heavy atom. The van der Waals surface area contributed by atoms with E-state index < -0.39 is 24.5 Å². The molecular weight excluding hydrogens is 319 g/mol. The van der Waals surface area contributed by atoms with E-state index in [9.17, 15) is 5.11 Å². The van der Waals surface area contributed by atoms with E-state index in [0.29, 0.717) is 28.1 Å². The first-order chi connectivity index (χ1) is 11.8. The molecule has 0 unspecified atom stereocenters. The fourth-order valence-corrected chi connectivity index (χ4v) is 2.94. The van der Waals surface area contributed by atoms with Crippen molar-refractivity contribution in [2.75, 3.05) is 0 Å². The van der Waals surface area contributed by atoms with E-state index >= 15 is 0 Å². The third-order valence-electron chi connectivity index (χ3n) is 5.02. The molecule has 3 heterocycles. The molecule has 0 saturated carbocycles. The van der Waals surface area contributed by atoms with Crippen molar-refractivity contribution in [3.63, 3.8) is 0 Å². The lowest BCUT2D eigenvalue weighted by atomic mass is 9.90. The molecule has 2 aliphatic rings. The van der Waals surface area contributed by atoms with Crippen LogP contribution in [0.3, 0.4) is 0 Å². The predicted molar refractivity (Wildman–Crippen MR) is 90.7 cm³/mol. The Labute approximate surface area is 146 Å². The van der Waals surface area contributed by atoms with Crippen molar-refractivity contribution in [2.45, 2.75) is 38.9 Å². The van der Waals surface area contributed by atoms with E-state index in [1.807, 2.05) is 39.8 Å². The minimum atomic E-state index is -1.05. The van der Waals surface area contributed by atoms with Crippen LogP contribution >= 0.6 is 0 Å². The number of hydrogen-bond acceptors (Lipinski definition) is 6. The van der Waals surface area contributed by atoms with Crippen molar-refractivity contribution in [3.05, 3.63) is 53.7 Å². The zero-order valence-corrected chi connectivity index (χ0v) is 14.6. The first-order valence-electron chi connectivity index (χ1n) is 8.15. The summed E-state index contributed by atoms with van der Waals surface area (Å²) in [6, 6.07) is 7.25. The second-order valence-electron chi connectivity index (χ2n) is 7.12. The SMILES string of the molecule is CC1(C)OB(OC([O-])=C2c3cccnc3-c3ncccc32)OC1(C)C. The van der Waals surface area contributed by atoms with Crippen molar-refractivity contribution in [1.29, 1.82) is 0 Å². The summed E-state index contributed by atoms with van der Waals surface area (Å²) in [5.41, 5.74) is 2.06. The Morgan fingerprint density at radius 3 is 1.92 bits per heavy atom. The second kappa shape index (κ2) is 5.31. The maximum Gasteiger partial charge on any atom is 0.548 e. The van der Waals surface area contributed by atoms with Gasteiger partial charge in [-0.3, -0.25) is 9.97 Å². The summed E-state index contributed by atoms with van der Waals surface area (Å²) in [5.74, 6) is -0.514. The molecule has 0 atom stereocenters. The van der Waals surface area contributed by atoms with Crippen molar-refractivity contribution in [3.8, 4) is 11.4 Å². The molecule has 0 amide bonds. The molecule has 1 fully saturated rings. The zero-order chi connectivity index (χ0) is 17.8. The van der Waals surface area contributed by atoms with Gasteiger partial charge in [0.1, 0.15) is 0 Å². The molecule has 6 nitrogen and oxygen atoms in total. The van der Waals surface area contributed by atoms with Crippen LogP contribution in [0.15, 0.2) is 42.6 Å². The molecule has 1 aliphatic heterocycles. The van der Waals surface area contributed by atoms with Crippen LogP contribution in [0.25, 0.3) is 17.0 Å². The van der Waals surface area contributed by atoms with Crippen LogP contribution in [0, 0.1) is 0 Å². The van der Waals surface area contributed by atoms with Gasteiger partial charge in [-0.2, -0.15) is 0 Å². The van der Waals surface area contributed by atoms with E-state index in [1.165, 1.54) is 0 Å². The molecule has 4 rings (SSSR count). The lowest BCUT2D eigenvalue weighted by Crippen LogP contribution is -2.41. The van der Waals surface area contributed by atoms with Crippen LogP contribution in [0.2, 0.25) is 0 Å². The van der Waals surface area contributed by atoms with E-state index in [0.717, 1.165) is 0 Å². The van der Waals surface area contributed by atoms with Crippen LogP contribution in [-0.2, 0) is 14.0 Å². The molecule has 2 aromatic heterocycles. The highest BCUT2D eigenvalue weighted by Crippen LogP contribution is 2.43. The van der Waals surface area contributed by atoms with Crippen LogP contribution in [0.4, 0.5) is 0 Å². The summed E-state index contributed by atoms with van der Waals surface area (Å²) in [5, 5.41) is 12.9. The number of aromatic nitrogens is 2. The Hall–Kier alpha value is -2.38. The highest BCUT2D eigenvalue weighted by Gasteiger charge is 2.50. The van der Waals surface area contributed by atoms with E-state index in [4.69, 9.17) is 14.0 Å². The Kier molecular flexibility index (Phi) is 3.42. The summed E-state index contributed by atoms with van der Waals surface area (Å²) < 4.78 is 17.0. The van der Waals surface area contributed by atoms with Crippen molar-refractivity contribution in [2.24, 2.45) is 0 Å². The minimum Gasteiger partial charge on any atom is -0.609 e. The molecule has 2 aromatic rings. The van der Waals surface area contributed by atoms with Gasteiger partial charge in [0.15, 0.2) is 0 Å². The zero-order valence-electron chi connectivity index (χ0n) is 14.6. The van der Waals surface area contributed by atoms with E-state index in [-0.39, 0.29) is 0 Å². The van der Waals surface area contributed by atoms with Gasteiger partial charge < -0.3 is 19.1 Å². The molecule has 0 spiro atoms.